The van der Waals surface area contributed by atoms with Gasteiger partial charge in [-0.05, 0) is 29.3 Å². The second-order valence-electron chi connectivity index (χ2n) is 5.68. The molecule has 2 heterocycles. The van der Waals surface area contributed by atoms with Gasteiger partial charge >= 0.3 is 0 Å². The Labute approximate surface area is 148 Å². The Bertz CT molecular complexity index is 1150. The van der Waals surface area contributed by atoms with E-state index < -0.39 is 0 Å². The van der Waals surface area contributed by atoms with Crippen LogP contribution in [-0.2, 0) is 6.54 Å². The lowest BCUT2D eigenvalue weighted by atomic mass is 10.1. The molecule has 2 aromatic carbocycles. The molecule has 0 aliphatic heterocycles. The van der Waals surface area contributed by atoms with E-state index in [1.165, 1.54) is 11.3 Å². The monoisotopic (exact) mass is 343 g/mol. The molecule has 0 aliphatic carbocycles. The van der Waals surface area contributed by atoms with Gasteiger partial charge in [-0.15, -0.1) is 11.3 Å². The molecular formula is C20H13N3OS. The lowest BCUT2D eigenvalue weighted by Gasteiger charge is -2.05. The summed E-state index contributed by atoms with van der Waals surface area (Å²) >= 11 is 1.46. The highest BCUT2D eigenvalue weighted by molar-refractivity contribution is 7.22. The van der Waals surface area contributed by atoms with Crippen LogP contribution in [0.15, 0.2) is 71.8 Å². The maximum Gasteiger partial charge on any atom is 0.271 e. The minimum Gasteiger partial charge on any atom is -0.294 e. The highest BCUT2D eigenvalue weighted by atomic mass is 32.1. The number of rotatable bonds is 3. The lowest BCUT2D eigenvalue weighted by molar-refractivity contribution is 0.749. The van der Waals surface area contributed by atoms with E-state index >= 15 is 0 Å². The molecular weight excluding hydrogens is 330 g/mol. The molecule has 2 aromatic heterocycles. The third-order valence-electron chi connectivity index (χ3n) is 3.97. The molecule has 0 bridgehead atoms. The van der Waals surface area contributed by atoms with E-state index in [0.717, 1.165) is 21.5 Å². The summed E-state index contributed by atoms with van der Waals surface area (Å²) in [6.45, 7) is 0.399. The summed E-state index contributed by atoms with van der Waals surface area (Å²) in [5, 5.41) is 9.01. The first-order valence-corrected chi connectivity index (χ1v) is 8.60. The fraction of sp³-hybridized carbons (Fsp3) is 0.0500. The standard InChI is InChI=1S/C20H13N3OS/c21-11-14-5-4-6-15(9-14)12-23-13-22-17-10-18(25-19(17)20(23)24)16-7-2-1-3-8-16/h1-10,13H,12H2. The second kappa shape index (κ2) is 6.34. The van der Waals surface area contributed by atoms with Gasteiger partial charge in [-0.2, -0.15) is 5.26 Å². The molecule has 4 rings (SSSR count). The second-order valence-corrected chi connectivity index (χ2v) is 6.73. The first-order valence-electron chi connectivity index (χ1n) is 7.78. The van der Waals surface area contributed by atoms with Crippen molar-refractivity contribution >= 4 is 21.6 Å². The van der Waals surface area contributed by atoms with Crippen molar-refractivity contribution in [3.05, 3.63) is 88.5 Å². The van der Waals surface area contributed by atoms with Crippen LogP contribution in [0.4, 0.5) is 0 Å². The highest BCUT2D eigenvalue weighted by Crippen LogP contribution is 2.30. The molecule has 0 spiro atoms. The van der Waals surface area contributed by atoms with Crippen LogP contribution in [0.2, 0.25) is 0 Å². The van der Waals surface area contributed by atoms with Crippen LogP contribution in [0.25, 0.3) is 20.7 Å². The Hall–Kier alpha value is -3.23. The lowest BCUT2D eigenvalue weighted by Crippen LogP contribution is -2.20. The quantitative estimate of drug-likeness (QED) is 0.564. The molecule has 0 aliphatic rings. The molecule has 25 heavy (non-hydrogen) atoms. The SMILES string of the molecule is N#Cc1cccc(Cn2cnc3cc(-c4ccccc4)sc3c2=O)c1. The maximum atomic E-state index is 12.8. The average molecular weight is 343 g/mol. The predicted octanol–water partition coefficient (Wildman–Crippen LogP) is 4.04. The van der Waals surface area contributed by atoms with E-state index in [1.807, 2.05) is 48.5 Å². The molecule has 0 N–H and O–H groups in total. The number of aromatic nitrogens is 2. The first-order chi connectivity index (χ1) is 12.2. The highest BCUT2D eigenvalue weighted by Gasteiger charge is 2.10. The molecule has 0 saturated heterocycles. The van der Waals surface area contributed by atoms with E-state index in [9.17, 15) is 4.79 Å². The minimum atomic E-state index is -0.0560. The Balaban J connectivity index is 1.75. The zero-order valence-corrected chi connectivity index (χ0v) is 14.0. The molecule has 5 heteroatoms. The Morgan fingerprint density at radius 3 is 2.72 bits per heavy atom. The van der Waals surface area contributed by atoms with Gasteiger partial charge in [-0.3, -0.25) is 9.36 Å². The van der Waals surface area contributed by atoms with E-state index in [0.29, 0.717) is 16.8 Å². The van der Waals surface area contributed by atoms with Gasteiger partial charge in [0.25, 0.3) is 5.56 Å². The Kier molecular flexibility index (Phi) is 3.88. The van der Waals surface area contributed by atoms with Gasteiger partial charge in [-0.1, -0.05) is 42.5 Å². The van der Waals surface area contributed by atoms with Crippen LogP contribution in [0.5, 0.6) is 0 Å². The minimum absolute atomic E-state index is 0.0560. The molecule has 0 unspecified atom stereocenters. The number of hydrogen-bond donors (Lipinski definition) is 0. The third-order valence-corrected chi connectivity index (χ3v) is 5.13. The third kappa shape index (κ3) is 2.95. The van der Waals surface area contributed by atoms with E-state index in [-0.39, 0.29) is 5.56 Å². The number of benzene rings is 2. The van der Waals surface area contributed by atoms with Crippen molar-refractivity contribution in [2.24, 2.45) is 0 Å². The summed E-state index contributed by atoms with van der Waals surface area (Å²) < 4.78 is 2.24. The van der Waals surface area contributed by atoms with Crippen LogP contribution < -0.4 is 5.56 Å². The van der Waals surface area contributed by atoms with Crippen LogP contribution in [0.3, 0.4) is 0 Å². The van der Waals surface area contributed by atoms with Crippen molar-refractivity contribution in [3.63, 3.8) is 0 Å². The van der Waals surface area contributed by atoms with E-state index in [4.69, 9.17) is 5.26 Å². The summed E-state index contributed by atoms with van der Waals surface area (Å²) in [5.41, 5.74) is 3.23. The zero-order valence-electron chi connectivity index (χ0n) is 13.2. The van der Waals surface area contributed by atoms with Crippen molar-refractivity contribution in [1.29, 1.82) is 5.26 Å². The van der Waals surface area contributed by atoms with E-state index in [1.54, 1.807) is 23.0 Å². The van der Waals surface area contributed by atoms with Gasteiger partial charge < -0.3 is 0 Å². The Morgan fingerprint density at radius 2 is 1.92 bits per heavy atom. The van der Waals surface area contributed by atoms with Crippen LogP contribution in [-0.4, -0.2) is 9.55 Å². The molecule has 0 amide bonds. The van der Waals surface area contributed by atoms with Crippen molar-refractivity contribution in [1.82, 2.24) is 9.55 Å². The van der Waals surface area contributed by atoms with Gasteiger partial charge in [-0.25, -0.2) is 4.98 Å². The number of hydrogen-bond acceptors (Lipinski definition) is 4. The number of nitrogens with zero attached hydrogens (tertiary/aromatic N) is 3. The molecule has 120 valence electrons. The summed E-state index contributed by atoms with van der Waals surface area (Å²) in [6.07, 6.45) is 1.57. The number of nitriles is 1. The van der Waals surface area contributed by atoms with Gasteiger partial charge in [0.1, 0.15) is 4.70 Å². The van der Waals surface area contributed by atoms with Gasteiger partial charge in [0, 0.05) is 4.88 Å². The maximum absolute atomic E-state index is 12.8. The molecule has 0 atom stereocenters. The number of fused-ring (bicyclic) bond motifs is 1. The van der Waals surface area contributed by atoms with E-state index in [2.05, 4.69) is 11.1 Å². The van der Waals surface area contributed by atoms with Crippen LogP contribution in [0, 0.1) is 11.3 Å². The molecule has 4 aromatic rings. The zero-order chi connectivity index (χ0) is 17.2. The molecule has 0 saturated carbocycles. The Morgan fingerprint density at radius 1 is 1.08 bits per heavy atom. The predicted molar refractivity (Wildman–Crippen MR) is 99.6 cm³/mol. The molecule has 0 radical (unpaired) electrons. The van der Waals surface area contributed by atoms with Gasteiger partial charge in [0.05, 0.1) is 30.0 Å². The van der Waals surface area contributed by atoms with Crippen molar-refractivity contribution in [3.8, 4) is 16.5 Å². The topological polar surface area (TPSA) is 58.7 Å². The van der Waals surface area contributed by atoms with Gasteiger partial charge in [0.15, 0.2) is 0 Å². The normalized spacial score (nSPS) is 10.7. The largest absolute Gasteiger partial charge is 0.294 e. The molecule has 4 nitrogen and oxygen atoms in total. The van der Waals surface area contributed by atoms with Gasteiger partial charge in [0.2, 0.25) is 0 Å². The van der Waals surface area contributed by atoms with Crippen LogP contribution in [0.1, 0.15) is 11.1 Å². The van der Waals surface area contributed by atoms with Crippen molar-refractivity contribution in [2.45, 2.75) is 6.54 Å². The summed E-state index contributed by atoms with van der Waals surface area (Å²) in [7, 11) is 0. The summed E-state index contributed by atoms with van der Waals surface area (Å²) in [6, 6.07) is 21.3. The fourth-order valence-corrected chi connectivity index (χ4v) is 3.80. The summed E-state index contributed by atoms with van der Waals surface area (Å²) in [4.78, 5) is 18.3. The summed E-state index contributed by atoms with van der Waals surface area (Å²) in [5.74, 6) is 0. The smallest absolute Gasteiger partial charge is 0.271 e. The first kappa shape index (κ1) is 15.3. The van der Waals surface area contributed by atoms with Crippen molar-refractivity contribution < 1.29 is 0 Å². The average Bonchev–Trinajstić information content (AvgIpc) is 3.10. The molecule has 0 fully saturated rings. The van der Waals surface area contributed by atoms with Crippen molar-refractivity contribution in [2.75, 3.05) is 0 Å². The number of thiophene rings is 1. The fourth-order valence-electron chi connectivity index (χ4n) is 2.74. The van der Waals surface area contributed by atoms with Crippen LogP contribution >= 0.6 is 11.3 Å².